The lowest BCUT2D eigenvalue weighted by Crippen LogP contribution is -2.46. The number of anilines is 1. The van der Waals surface area contributed by atoms with Crippen molar-refractivity contribution in [2.24, 2.45) is 23.7 Å². The first-order chi connectivity index (χ1) is 12.9. The molecule has 2 bridgehead atoms. The smallest absolute Gasteiger partial charge is 0.269 e. The van der Waals surface area contributed by atoms with Gasteiger partial charge in [0.05, 0.1) is 16.8 Å². The number of nitro groups is 1. The molecule has 1 saturated heterocycles. The van der Waals surface area contributed by atoms with E-state index in [0.717, 1.165) is 17.7 Å². The summed E-state index contributed by atoms with van der Waals surface area (Å²) in [6, 6.07) is 4.46. The molecule has 1 aromatic carbocycles. The standard InChI is InChI=1S/C19H19N3O5/c1-10(17(23)20-13-6-8-14(9-7-13)22(26)27)21-18(24)15-11-2-3-12(5-4-11)16(15)19(21)25/h2-3,6-12,15-16H,4-5H2,1H3,(H,20,23)/t10-,11+,12+,15-,16-/m1/s1. The van der Waals surface area contributed by atoms with Crippen molar-refractivity contribution < 1.29 is 19.3 Å². The molecule has 4 aliphatic rings. The molecule has 0 aromatic heterocycles. The third kappa shape index (κ3) is 2.72. The number of fused-ring (bicyclic) bond motifs is 1. The number of carbonyl (C=O) groups excluding carboxylic acids is 3. The third-order valence-corrected chi connectivity index (χ3v) is 5.91. The van der Waals surface area contributed by atoms with Crippen LogP contribution in [-0.2, 0) is 14.4 Å². The monoisotopic (exact) mass is 369 g/mol. The molecule has 3 amide bonds. The number of benzene rings is 1. The number of nitro benzene ring substituents is 1. The van der Waals surface area contributed by atoms with E-state index in [1.807, 2.05) is 12.2 Å². The first-order valence-corrected chi connectivity index (χ1v) is 8.99. The fourth-order valence-electron chi connectivity index (χ4n) is 4.51. The highest BCUT2D eigenvalue weighted by Crippen LogP contribution is 2.49. The van der Waals surface area contributed by atoms with Gasteiger partial charge in [-0.3, -0.25) is 29.4 Å². The summed E-state index contributed by atoms with van der Waals surface area (Å²) in [6.07, 6.45) is 5.87. The van der Waals surface area contributed by atoms with Gasteiger partial charge in [-0.25, -0.2) is 0 Å². The van der Waals surface area contributed by atoms with E-state index in [0.29, 0.717) is 5.69 Å². The molecule has 0 spiro atoms. The van der Waals surface area contributed by atoms with Crippen molar-refractivity contribution in [2.75, 3.05) is 5.32 Å². The van der Waals surface area contributed by atoms with E-state index in [2.05, 4.69) is 5.32 Å². The van der Waals surface area contributed by atoms with Crippen molar-refractivity contribution in [1.29, 1.82) is 0 Å². The normalized spacial score (nSPS) is 29.6. The molecule has 5 rings (SSSR count). The van der Waals surface area contributed by atoms with Crippen molar-refractivity contribution in [2.45, 2.75) is 25.8 Å². The second kappa shape index (κ2) is 6.29. The fourth-order valence-corrected chi connectivity index (χ4v) is 4.51. The van der Waals surface area contributed by atoms with Crippen LogP contribution in [0.25, 0.3) is 0 Å². The van der Waals surface area contributed by atoms with E-state index in [4.69, 9.17) is 0 Å². The van der Waals surface area contributed by atoms with Crippen molar-refractivity contribution in [3.05, 3.63) is 46.5 Å². The van der Waals surface area contributed by atoms with E-state index in [1.165, 1.54) is 31.2 Å². The Labute approximate surface area is 155 Å². The van der Waals surface area contributed by atoms with E-state index >= 15 is 0 Å². The lowest BCUT2D eigenvalue weighted by molar-refractivity contribution is -0.384. The number of amides is 3. The predicted octanol–water partition coefficient (Wildman–Crippen LogP) is 2.12. The highest BCUT2D eigenvalue weighted by atomic mass is 16.6. The molecule has 1 heterocycles. The van der Waals surface area contributed by atoms with Crippen molar-refractivity contribution >= 4 is 29.1 Å². The van der Waals surface area contributed by atoms with Crippen LogP contribution in [0.1, 0.15) is 19.8 Å². The molecule has 2 fully saturated rings. The minimum atomic E-state index is -0.940. The van der Waals surface area contributed by atoms with Gasteiger partial charge in [-0.1, -0.05) is 12.2 Å². The zero-order valence-corrected chi connectivity index (χ0v) is 14.7. The maximum absolute atomic E-state index is 12.9. The quantitative estimate of drug-likeness (QED) is 0.378. The van der Waals surface area contributed by atoms with Crippen LogP contribution in [0.2, 0.25) is 0 Å². The Morgan fingerprint density at radius 1 is 1.11 bits per heavy atom. The van der Waals surface area contributed by atoms with Gasteiger partial charge in [0, 0.05) is 17.8 Å². The molecule has 5 atom stereocenters. The molecule has 8 nitrogen and oxygen atoms in total. The van der Waals surface area contributed by atoms with E-state index < -0.39 is 16.9 Å². The average Bonchev–Trinajstić information content (AvgIpc) is 2.95. The van der Waals surface area contributed by atoms with Gasteiger partial charge in [0.1, 0.15) is 6.04 Å². The Morgan fingerprint density at radius 3 is 2.07 bits per heavy atom. The van der Waals surface area contributed by atoms with Crippen LogP contribution in [0.15, 0.2) is 36.4 Å². The highest BCUT2D eigenvalue weighted by Gasteiger charge is 2.58. The lowest BCUT2D eigenvalue weighted by atomic mass is 9.63. The molecule has 3 aliphatic carbocycles. The lowest BCUT2D eigenvalue weighted by Gasteiger charge is -2.38. The molecule has 1 N–H and O–H groups in total. The molecule has 0 radical (unpaired) electrons. The van der Waals surface area contributed by atoms with Gasteiger partial charge in [-0.05, 0) is 43.7 Å². The van der Waals surface area contributed by atoms with Crippen LogP contribution in [0.5, 0.6) is 0 Å². The number of hydrogen-bond acceptors (Lipinski definition) is 5. The third-order valence-electron chi connectivity index (χ3n) is 5.91. The number of nitrogens with zero attached hydrogens (tertiary/aromatic N) is 2. The summed E-state index contributed by atoms with van der Waals surface area (Å²) in [7, 11) is 0. The first kappa shape index (κ1) is 17.4. The topological polar surface area (TPSA) is 110 Å². The van der Waals surface area contributed by atoms with Gasteiger partial charge < -0.3 is 5.32 Å². The average molecular weight is 369 g/mol. The van der Waals surface area contributed by atoms with Crippen molar-refractivity contribution in [1.82, 2.24) is 4.90 Å². The maximum Gasteiger partial charge on any atom is 0.269 e. The van der Waals surface area contributed by atoms with Crippen LogP contribution >= 0.6 is 0 Å². The van der Waals surface area contributed by atoms with Gasteiger partial charge in [-0.15, -0.1) is 0 Å². The molecule has 8 heteroatoms. The van der Waals surface area contributed by atoms with Crippen LogP contribution in [0.4, 0.5) is 11.4 Å². The van der Waals surface area contributed by atoms with E-state index in [-0.39, 0.29) is 41.2 Å². The Hall–Kier alpha value is -3.03. The summed E-state index contributed by atoms with van der Waals surface area (Å²) < 4.78 is 0. The Kier molecular flexibility index (Phi) is 4.05. The van der Waals surface area contributed by atoms with Crippen LogP contribution in [0, 0.1) is 33.8 Å². The molecule has 1 aliphatic heterocycles. The van der Waals surface area contributed by atoms with Gasteiger partial charge in [0.2, 0.25) is 17.7 Å². The molecular weight excluding hydrogens is 350 g/mol. The number of nitrogens with one attached hydrogen (secondary N) is 1. The Bertz CT molecular complexity index is 831. The van der Waals surface area contributed by atoms with Gasteiger partial charge in [0.25, 0.3) is 5.69 Å². The van der Waals surface area contributed by atoms with Gasteiger partial charge in [-0.2, -0.15) is 0 Å². The number of likely N-dealkylation sites (tertiary alicyclic amines) is 1. The summed E-state index contributed by atoms with van der Waals surface area (Å²) in [5, 5.41) is 13.3. The maximum atomic E-state index is 12.9. The van der Waals surface area contributed by atoms with Gasteiger partial charge >= 0.3 is 0 Å². The summed E-state index contributed by atoms with van der Waals surface area (Å²) >= 11 is 0. The SMILES string of the molecule is C[C@H](C(=O)Nc1ccc([N+](=O)[O-])cc1)N1C(=O)[C@H]2[C@H](C1=O)[C@H]1C=C[C@H]2CC1. The highest BCUT2D eigenvalue weighted by molar-refractivity contribution is 6.10. The summed E-state index contributed by atoms with van der Waals surface area (Å²) in [5.74, 6) is -1.58. The zero-order valence-electron chi connectivity index (χ0n) is 14.7. The predicted molar refractivity (Wildman–Crippen MR) is 95.4 cm³/mol. The van der Waals surface area contributed by atoms with Crippen LogP contribution < -0.4 is 5.32 Å². The number of imide groups is 1. The molecule has 140 valence electrons. The molecular formula is C19H19N3O5. The summed E-state index contributed by atoms with van der Waals surface area (Å²) in [4.78, 5) is 49.6. The second-order valence-electron chi connectivity index (χ2n) is 7.36. The van der Waals surface area contributed by atoms with E-state index in [1.54, 1.807) is 0 Å². The van der Waals surface area contributed by atoms with Crippen LogP contribution in [-0.4, -0.2) is 33.6 Å². The number of non-ortho nitro benzene ring substituents is 1. The van der Waals surface area contributed by atoms with Gasteiger partial charge in [0.15, 0.2) is 0 Å². The summed E-state index contributed by atoms with van der Waals surface area (Å²) in [5.41, 5.74) is 0.286. The van der Waals surface area contributed by atoms with E-state index in [9.17, 15) is 24.5 Å². The van der Waals surface area contributed by atoms with Crippen molar-refractivity contribution in [3.63, 3.8) is 0 Å². The number of rotatable bonds is 4. The molecule has 27 heavy (non-hydrogen) atoms. The first-order valence-electron chi connectivity index (χ1n) is 8.99. The number of hydrogen-bond donors (Lipinski definition) is 1. The largest absolute Gasteiger partial charge is 0.324 e. The van der Waals surface area contributed by atoms with Crippen LogP contribution in [0.3, 0.4) is 0 Å². The number of allylic oxidation sites excluding steroid dienone is 2. The minimum absolute atomic E-state index is 0.0754. The minimum Gasteiger partial charge on any atom is -0.324 e. The Balaban J connectivity index is 1.50. The Morgan fingerprint density at radius 2 is 1.63 bits per heavy atom. The molecule has 1 saturated carbocycles. The fraction of sp³-hybridized carbons (Fsp3) is 0.421. The summed E-state index contributed by atoms with van der Waals surface area (Å²) in [6.45, 7) is 1.53. The van der Waals surface area contributed by atoms with Crippen molar-refractivity contribution in [3.8, 4) is 0 Å². The number of carbonyl (C=O) groups is 3. The molecule has 1 aromatic rings. The molecule has 0 unspecified atom stereocenters. The zero-order chi connectivity index (χ0) is 19.3. The second-order valence-corrected chi connectivity index (χ2v) is 7.36.